The van der Waals surface area contributed by atoms with Crippen LogP contribution in [-0.2, 0) is 13.6 Å². The van der Waals surface area contributed by atoms with Gasteiger partial charge in [0.25, 0.3) is 0 Å². The van der Waals surface area contributed by atoms with Gasteiger partial charge in [0.05, 0.1) is 18.3 Å². The van der Waals surface area contributed by atoms with E-state index in [1.807, 2.05) is 7.11 Å². The zero-order valence-corrected chi connectivity index (χ0v) is 28.1. The highest BCUT2D eigenvalue weighted by molar-refractivity contribution is 6.74. The molecule has 0 unspecified atom stereocenters. The van der Waals surface area contributed by atoms with Crippen LogP contribution < -0.4 is 0 Å². The summed E-state index contributed by atoms with van der Waals surface area (Å²) in [6, 6.07) is 0. The second kappa shape index (κ2) is 14.2. The van der Waals surface area contributed by atoms with E-state index in [0.29, 0.717) is 5.92 Å². The first-order chi connectivity index (χ1) is 15.8. The van der Waals surface area contributed by atoms with E-state index in [-0.39, 0.29) is 46.8 Å². The van der Waals surface area contributed by atoms with Crippen LogP contribution >= 0.6 is 0 Å². The summed E-state index contributed by atoms with van der Waals surface area (Å²) in [5, 5.41) is 10.5. The summed E-state index contributed by atoms with van der Waals surface area (Å²) in [7, 11) is -2.24. The van der Waals surface area contributed by atoms with Gasteiger partial charge in [-0.05, 0) is 68.4 Å². The first-order valence-electron chi connectivity index (χ1n) is 13.9. The molecule has 0 aliphatic heterocycles. The molecule has 0 radical (unpaired) electrons. The predicted octanol–water partition coefficient (Wildman–Crippen LogP) is 8.43. The van der Waals surface area contributed by atoms with Crippen molar-refractivity contribution in [2.75, 3.05) is 13.7 Å². The zero-order valence-electron chi connectivity index (χ0n) is 26.1. The molecule has 0 spiro atoms. The standard InChI is InChI=1S/C29H62O4Si2/c1-16-18-19-22(3)27(31-11)23(4)25(32-34(12,13)28(5,6)7)20-26(24(17-2)21-30)33-35(14,15)29(8,9)10/h16,18,22-27,30H,17,19-21H2,1-15H3/b18-16+/t22-,23-,24-,25+,26+,27+/m0/s1. The molecule has 0 aromatic rings. The third kappa shape index (κ3) is 10.4. The highest BCUT2D eigenvalue weighted by Gasteiger charge is 2.45. The van der Waals surface area contributed by atoms with Crippen molar-refractivity contribution in [1.29, 1.82) is 0 Å². The summed E-state index contributed by atoms with van der Waals surface area (Å²) in [6.45, 7) is 32.0. The maximum absolute atomic E-state index is 10.3. The molecular weight excluding hydrogens is 468 g/mol. The van der Waals surface area contributed by atoms with Gasteiger partial charge in [0.15, 0.2) is 16.6 Å². The van der Waals surface area contributed by atoms with E-state index < -0.39 is 16.6 Å². The summed E-state index contributed by atoms with van der Waals surface area (Å²) in [5.74, 6) is 0.690. The molecule has 210 valence electrons. The molecule has 4 nitrogen and oxygen atoms in total. The Morgan fingerprint density at radius 3 is 1.66 bits per heavy atom. The number of aliphatic hydroxyl groups excluding tert-OH is 1. The molecule has 0 aromatic heterocycles. The van der Waals surface area contributed by atoms with Gasteiger partial charge in [-0.25, -0.2) is 0 Å². The number of methoxy groups -OCH3 is 1. The Morgan fingerprint density at radius 2 is 1.31 bits per heavy atom. The molecule has 0 bridgehead atoms. The highest BCUT2D eigenvalue weighted by Crippen LogP contribution is 2.42. The van der Waals surface area contributed by atoms with Crippen LogP contribution in [-0.4, -0.2) is 53.8 Å². The summed E-state index contributed by atoms with van der Waals surface area (Å²) < 4.78 is 20.3. The van der Waals surface area contributed by atoms with Crippen LogP contribution in [0.15, 0.2) is 12.2 Å². The van der Waals surface area contributed by atoms with Gasteiger partial charge in [-0.1, -0.05) is 74.5 Å². The Kier molecular flexibility index (Phi) is 14.3. The molecule has 6 atom stereocenters. The summed E-state index contributed by atoms with van der Waals surface area (Å²) >= 11 is 0. The second-order valence-corrected chi connectivity index (χ2v) is 23.3. The van der Waals surface area contributed by atoms with Crippen molar-refractivity contribution < 1.29 is 18.7 Å². The van der Waals surface area contributed by atoms with E-state index in [9.17, 15) is 5.11 Å². The summed E-state index contributed by atoms with van der Waals surface area (Å²) in [5.41, 5.74) is 0. The normalized spacial score (nSPS) is 19.4. The fourth-order valence-corrected chi connectivity index (χ4v) is 7.04. The summed E-state index contributed by atoms with van der Waals surface area (Å²) in [4.78, 5) is 0. The summed E-state index contributed by atoms with van der Waals surface area (Å²) in [6.07, 6.45) is 7.07. The van der Waals surface area contributed by atoms with Crippen LogP contribution in [0, 0.1) is 17.8 Å². The minimum Gasteiger partial charge on any atom is -0.413 e. The van der Waals surface area contributed by atoms with E-state index in [2.05, 4.69) is 108 Å². The fraction of sp³-hybridized carbons (Fsp3) is 0.931. The molecule has 0 amide bonds. The first-order valence-corrected chi connectivity index (χ1v) is 19.7. The van der Waals surface area contributed by atoms with Crippen molar-refractivity contribution in [1.82, 2.24) is 0 Å². The molecule has 0 saturated carbocycles. The average Bonchev–Trinajstić information content (AvgIpc) is 2.70. The lowest BCUT2D eigenvalue weighted by Gasteiger charge is -2.46. The quantitative estimate of drug-likeness (QED) is 0.170. The first kappa shape index (κ1) is 35.0. The average molecular weight is 531 g/mol. The van der Waals surface area contributed by atoms with Gasteiger partial charge in [-0.15, -0.1) is 0 Å². The molecule has 0 saturated heterocycles. The Hall–Kier alpha value is 0.0138. The second-order valence-electron chi connectivity index (χ2n) is 13.8. The molecule has 0 heterocycles. The Labute approximate surface area is 221 Å². The maximum atomic E-state index is 10.3. The Balaban J connectivity index is 6.38. The lowest BCUT2D eigenvalue weighted by atomic mass is 9.83. The van der Waals surface area contributed by atoms with E-state index >= 15 is 0 Å². The van der Waals surface area contributed by atoms with Gasteiger partial charge in [-0.2, -0.15) is 0 Å². The predicted molar refractivity (Wildman–Crippen MR) is 158 cm³/mol. The van der Waals surface area contributed by atoms with Crippen molar-refractivity contribution in [3.05, 3.63) is 12.2 Å². The number of rotatable bonds is 15. The van der Waals surface area contributed by atoms with Gasteiger partial charge in [-0.3, -0.25) is 0 Å². The minimum atomic E-state index is -2.04. The van der Waals surface area contributed by atoms with Crippen LogP contribution in [0.25, 0.3) is 0 Å². The van der Waals surface area contributed by atoms with Gasteiger partial charge in [0.2, 0.25) is 0 Å². The van der Waals surface area contributed by atoms with Gasteiger partial charge >= 0.3 is 0 Å². The third-order valence-corrected chi connectivity index (χ3v) is 17.9. The molecule has 0 aliphatic carbocycles. The van der Waals surface area contributed by atoms with Gasteiger partial charge in [0, 0.05) is 25.6 Å². The minimum absolute atomic E-state index is 0.00395. The largest absolute Gasteiger partial charge is 0.413 e. The molecule has 0 aromatic carbocycles. The van der Waals surface area contributed by atoms with Crippen molar-refractivity contribution in [3.63, 3.8) is 0 Å². The zero-order chi connectivity index (χ0) is 27.8. The third-order valence-electron chi connectivity index (χ3n) is 8.93. The Morgan fingerprint density at radius 1 is 0.857 bits per heavy atom. The Bertz CT molecular complexity index is 615. The van der Waals surface area contributed by atoms with Crippen molar-refractivity contribution >= 4 is 16.6 Å². The number of ether oxygens (including phenoxy) is 1. The molecule has 6 heteroatoms. The number of aliphatic hydroxyl groups is 1. The molecule has 1 N–H and O–H groups in total. The molecule has 0 fully saturated rings. The van der Waals surface area contributed by atoms with Crippen LogP contribution in [0.4, 0.5) is 0 Å². The molecule has 0 rings (SSSR count). The van der Waals surface area contributed by atoms with Gasteiger partial charge < -0.3 is 18.7 Å². The highest BCUT2D eigenvalue weighted by atomic mass is 28.4. The monoisotopic (exact) mass is 530 g/mol. The van der Waals surface area contributed by atoms with E-state index in [1.54, 1.807) is 0 Å². The van der Waals surface area contributed by atoms with E-state index in [0.717, 1.165) is 19.3 Å². The number of hydrogen-bond acceptors (Lipinski definition) is 4. The van der Waals surface area contributed by atoms with Crippen molar-refractivity contribution in [2.24, 2.45) is 17.8 Å². The van der Waals surface area contributed by atoms with Crippen LogP contribution in [0.3, 0.4) is 0 Å². The molecule has 35 heavy (non-hydrogen) atoms. The lowest BCUT2D eigenvalue weighted by molar-refractivity contribution is -0.0493. The lowest BCUT2D eigenvalue weighted by Crippen LogP contribution is -2.52. The molecule has 0 aliphatic rings. The smallest absolute Gasteiger partial charge is 0.192 e. The molecular formula is C29H62O4Si2. The SMILES string of the molecule is C/C=C/C[C@H](C)[C@@H](OC)[C@@H](C)[C@@H](C[C@@H](O[Si](C)(C)C(C)(C)C)[C@@H](CC)CO)O[Si](C)(C)C(C)(C)C. The van der Waals surface area contributed by atoms with Crippen LogP contribution in [0.5, 0.6) is 0 Å². The van der Waals surface area contributed by atoms with Crippen LogP contribution in [0.1, 0.15) is 88.5 Å². The van der Waals surface area contributed by atoms with Gasteiger partial charge in [0.1, 0.15) is 0 Å². The van der Waals surface area contributed by atoms with E-state index in [1.165, 1.54) is 0 Å². The topological polar surface area (TPSA) is 47.9 Å². The number of allylic oxidation sites excluding steroid dienone is 2. The number of hydrogen-bond donors (Lipinski definition) is 1. The van der Waals surface area contributed by atoms with Crippen molar-refractivity contribution in [3.8, 4) is 0 Å². The van der Waals surface area contributed by atoms with Crippen molar-refractivity contribution in [2.45, 2.75) is 143 Å². The maximum Gasteiger partial charge on any atom is 0.192 e. The van der Waals surface area contributed by atoms with Crippen LogP contribution in [0.2, 0.25) is 36.3 Å². The van der Waals surface area contributed by atoms with E-state index in [4.69, 9.17) is 13.6 Å². The fourth-order valence-electron chi connectivity index (χ4n) is 4.22.